The highest BCUT2D eigenvalue weighted by Crippen LogP contribution is 2.24. The van der Waals surface area contributed by atoms with Crippen LogP contribution in [0.5, 0.6) is 0 Å². The average Bonchev–Trinajstić information content (AvgIpc) is 2.71. The first-order valence-corrected chi connectivity index (χ1v) is 9.53. The number of nitrogens with zero attached hydrogens (tertiary/aromatic N) is 3. The van der Waals surface area contributed by atoms with Crippen molar-refractivity contribution < 1.29 is 4.39 Å². The van der Waals surface area contributed by atoms with Crippen LogP contribution in [0.1, 0.15) is 25.0 Å². The van der Waals surface area contributed by atoms with Crippen molar-refractivity contribution in [2.45, 2.75) is 27.3 Å². The maximum Gasteiger partial charge on any atom is 0.229 e. The summed E-state index contributed by atoms with van der Waals surface area (Å²) >= 11 is 0. The number of aromatic nitrogens is 2. The standard InChI is InChI=1S/C22H26FN5/c1-4-28(5-2)19-10-11-20(16(3)14-19)26-22-24-13-12-21(27-22)25-15-17-6-8-18(23)9-7-17/h6-14H,4-5,15H2,1-3H3,(H2,24,25,26,27). The van der Waals surface area contributed by atoms with E-state index in [-0.39, 0.29) is 5.82 Å². The summed E-state index contributed by atoms with van der Waals surface area (Å²) in [6, 6.07) is 14.6. The van der Waals surface area contributed by atoms with E-state index in [1.807, 2.05) is 6.07 Å². The lowest BCUT2D eigenvalue weighted by Crippen LogP contribution is -2.21. The fourth-order valence-electron chi connectivity index (χ4n) is 3.01. The van der Waals surface area contributed by atoms with Crippen LogP contribution in [0, 0.1) is 12.7 Å². The minimum atomic E-state index is -0.236. The van der Waals surface area contributed by atoms with Crippen molar-refractivity contribution in [2.24, 2.45) is 0 Å². The fraction of sp³-hybridized carbons (Fsp3) is 0.273. The van der Waals surface area contributed by atoms with Crippen LogP contribution in [0.2, 0.25) is 0 Å². The van der Waals surface area contributed by atoms with Gasteiger partial charge in [-0.25, -0.2) is 9.37 Å². The largest absolute Gasteiger partial charge is 0.372 e. The number of rotatable bonds is 8. The summed E-state index contributed by atoms with van der Waals surface area (Å²) < 4.78 is 13.0. The molecule has 0 aliphatic heterocycles. The molecule has 28 heavy (non-hydrogen) atoms. The highest BCUT2D eigenvalue weighted by molar-refractivity contribution is 5.64. The SMILES string of the molecule is CCN(CC)c1ccc(Nc2nccc(NCc3ccc(F)cc3)n2)c(C)c1. The average molecular weight is 379 g/mol. The summed E-state index contributed by atoms with van der Waals surface area (Å²) in [5, 5.41) is 6.53. The van der Waals surface area contributed by atoms with E-state index in [0.29, 0.717) is 18.3 Å². The number of hydrogen-bond donors (Lipinski definition) is 2. The third-order valence-corrected chi connectivity index (χ3v) is 4.63. The van der Waals surface area contributed by atoms with E-state index in [0.717, 1.165) is 29.9 Å². The Morgan fingerprint density at radius 1 is 1.00 bits per heavy atom. The predicted molar refractivity (Wildman–Crippen MR) is 114 cm³/mol. The molecule has 3 rings (SSSR count). The van der Waals surface area contributed by atoms with Crippen LogP contribution in [0.15, 0.2) is 54.7 Å². The highest BCUT2D eigenvalue weighted by atomic mass is 19.1. The zero-order chi connectivity index (χ0) is 19.9. The highest BCUT2D eigenvalue weighted by Gasteiger charge is 2.07. The van der Waals surface area contributed by atoms with Gasteiger partial charge in [0.2, 0.25) is 5.95 Å². The van der Waals surface area contributed by atoms with Crippen LogP contribution in [0.3, 0.4) is 0 Å². The van der Waals surface area contributed by atoms with Crippen molar-refractivity contribution in [1.82, 2.24) is 9.97 Å². The summed E-state index contributed by atoms with van der Waals surface area (Å²) in [5.74, 6) is 1.00. The molecule has 5 nitrogen and oxygen atoms in total. The molecular formula is C22H26FN5. The molecule has 0 unspecified atom stereocenters. The topological polar surface area (TPSA) is 53.1 Å². The van der Waals surface area contributed by atoms with E-state index in [1.54, 1.807) is 18.3 Å². The van der Waals surface area contributed by atoms with Gasteiger partial charge in [0.1, 0.15) is 11.6 Å². The quantitative estimate of drug-likeness (QED) is 0.568. The first-order valence-electron chi connectivity index (χ1n) is 9.53. The van der Waals surface area contributed by atoms with Gasteiger partial charge in [-0.2, -0.15) is 4.98 Å². The molecule has 0 saturated carbocycles. The predicted octanol–water partition coefficient (Wildman–Crippen LogP) is 5.13. The van der Waals surface area contributed by atoms with Crippen LogP contribution in [-0.4, -0.2) is 23.1 Å². The molecule has 2 aromatic carbocycles. The molecule has 2 N–H and O–H groups in total. The van der Waals surface area contributed by atoms with Crippen molar-refractivity contribution in [2.75, 3.05) is 28.6 Å². The lowest BCUT2D eigenvalue weighted by atomic mass is 10.1. The molecule has 0 fully saturated rings. The van der Waals surface area contributed by atoms with Crippen molar-refractivity contribution in [1.29, 1.82) is 0 Å². The van der Waals surface area contributed by atoms with E-state index in [2.05, 4.69) is 64.5 Å². The van der Waals surface area contributed by atoms with Crippen molar-refractivity contribution in [3.63, 3.8) is 0 Å². The molecule has 0 radical (unpaired) electrons. The summed E-state index contributed by atoms with van der Waals surface area (Å²) in [7, 11) is 0. The van der Waals surface area contributed by atoms with E-state index in [1.165, 1.54) is 17.8 Å². The number of halogens is 1. The second-order valence-corrected chi connectivity index (χ2v) is 6.54. The minimum Gasteiger partial charge on any atom is -0.372 e. The van der Waals surface area contributed by atoms with Gasteiger partial charge in [-0.3, -0.25) is 0 Å². The van der Waals surface area contributed by atoms with Crippen LogP contribution in [-0.2, 0) is 6.54 Å². The molecule has 0 aliphatic rings. The van der Waals surface area contributed by atoms with Crippen molar-refractivity contribution >= 4 is 23.1 Å². The van der Waals surface area contributed by atoms with Crippen LogP contribution >= 0.6 is 0 Å². The van der Waals surface area contributed by atoms with Gasteiger partial charge in [-0.15, -0.1) is 0 Å². The van der Waals surface area contributed by atoms with E-state index in [9.17, 15) is 4.39 Å². The first kappa shape index (κ1) is 19.6. The van der Waals surface area contributed by atoms with Gasteiger partial charge in [0.15, 0.2) is 0 Å². The fourth-order valence-corrected chi connectivity index (χ4v) is 3.01. The van der Waals surface area contributed by atoms with Gasteiger partial charge in [0, 0.05) is 37.2 Å². The van der Waals surface area contributed by atoms with E-state index in [4.69, 9.17) is 0 Å². The smallest absolute Gasteiger partial charge is 0.229 e. The van der Waals surface area contributed by atoms with Gasteiger partial charge in [-0.05, 0) is 68.3 Å². The Hall–Kier alpha value is -3.15. The maximum atomic E-state index is 13.0. The number of anilines is 4. The molecule has 0 atom stereocenters. The molecule has 1 aromatic heterocycles. The first-order chi connectivity index (χ1) is 13.6. The molecule has 0 bridgehead atoms. The maximum absolute atomic E-state index is 13.0. The number of aryl methyl sites for hydroxylation is 1. The van der Waals surface area contributed by atoms with E-state index < -0.39 is 0 Å². The van der Waals surface area contributed by atoms with Gasteiger partial charge in [0.25, 0.3) is 0 Å². The zero-order valence-corrected chi connectivity index (χ0v) is 16.5. The van der Waals surface area contributed by atoms with Crippen LogP contribution in [0.4, 0.5) is 27.5 Å². The second kappa shape index (κ2) is 9.17. The molecule has 0 aliphatic carbocycles. The third kappa shape index (κ3) is 4.97. The van der Waals surface area contributed by atoms with Crippen LogP contribution in [0.25, 0.3) is 0 Å². The van der Waals surface area contributed by atoms with Gasteiger partial charge < -0.3 is 15.5 Å². The number of hydrogen-bond acceptors (Lipinski definition) is 5. The molecule has 3 aromatic rings. The molecule has 146 valence electrons. The lowest BCUT2D eigenvalue weighted by Gasteiger charge is -2.22. The molecule has 1 heterocycles. The minimum absolute atomic E-state index is 0.236. The Labute approximate surface area is 165 Å². The molecule has 6 heteroatoms. The van der Waals surface area contributed by atoms with Gasteiger partial charge >= 0.3 is 0 Å². The summed E-state index contributed by atoms with van der Waals surface area (Å²) in [6.45, 7) is 8.91. The van der Waals surface area contributed by atoms with E-state index >= 15 is 0 Å². The van der Waals surface area contributed by atoms with Gasteiger partial charge in [-0.1, -0.05) is 12.1 Å². The Balaban J connectivity index is 1.68. The molecular weight excluding hydrogens is 353 g/mol. The van der Waals surface area contributed by atoms with Crippen molar-refractivity contribution in [3.8, 4) is 0 Å². The monoisotopic (exact) mass is 379 g/mol. The number of nitrogens with one attached hydrogen (secondary N) is 2. The van der Waals surface area contributed by atoms with Crippen LogP contribution < -0.4 is 15.5 Å². The second-order valence-electron chi connectivity index (χ2n) is 6.54. The Kier molecular flexibility index (Phi) is 6.42. The summed E-state index contributed by atoms with van der Waals surface area (Å²) in [4.78, 5) is 11.1. The summed E-state index contributed by atoms with van der Waals surface area (Å²) in [6.07, 6.45) is 1.71. The molecule has 0 saturated heterocycles. The third-order valence-electron chi connectivity index (χ3n) is 4.63. The Morgan fingerprint density at radius 3 is 2.43 bits per heavy atom. The Morgan fingerprint density at radius 2 is 1.75 bits per heavy atom. The zero-order valence-electron chi connectivity index (χ0n) is 16.5. The Bertz CT molecular complexity index is 907. The van der Waals surface area contributed by atoms with Crippen molar-refractivity contribution in [3.05, 3.63) is 71.7 Å². The lowest BCUT2D eigenvalue weighted by molar-refractivity contribution is 0.627. The molecule has 0 spiro atoms. The normalized spacial score (nSPS) is 10.6. The molecule has 0 amide bonds. The van der Waals surface area contributed by atoms with Gasteiger partial charge in [0.05, 0.1) is 0 Å². The number of benzene rings is 2. The summed E-state index contributed by atoms with van der Waals surface area (Å²) in [5.41, 5.74) is 4.31.